The van der Waals surface area contributed by atoms with Crippen molar-refractivity contribution in [3.05, 3.63) is 65.3 Å². The van der Waals surface area contributed by atoms with Gasteiger partial charge in [-0.15, -0.1) is 0 Å². The van der Waals surface area contributed by atoms with E-state index in [2.05, 4.69) is 47.1 Å². The maximum Gasteiger partial charge on any atom is 0.147 e. The van der Waals surface area contributed by atoms with E-state index in [-0.39, 0.29) is 6.04 Å². The predicted molar refractivity (Wildman–Crippen MR) is 88.0 cm³/mol. The van der Waals surface area contributed by atoms with Gasteiger partial charge in [0.15, 0.2) is 0 Å². The third-order valence-electron chi connectivity index (χ3n) is 3.65. The highest BCUT2D eigenvalue weighted by Gasteiger charge is 2.30. The van der Waals surface area contributed by atoms with Crippen LogP contribution in [-0.2, 0) is 0 Å². The first-order chi connectivity index (χ1) is 10.2. The molecule has 0 amide bonds. The second kappa shape index (κ2) is 5.78. The lowest BCUT2D eigenvalue weighted by Gasteiger charge is -2.35. The molecule has 108 valence electrons. The lowest BCUT2D eigenvalue weighted by molar-refractivity contribution is 0.385. The van der Waals surface area contributed by atoms with Gasteiger partial charge in [0, 0.05) is 17.8 Å². The molecule has 1 aromatic heterocycles. The van der Waals surface area contributed by atoms with E-state index in [1.165, 1.54) is 11.3 Å². The third-order valence-corrected chi connectivity index (χ3v) is 3.90. The number of hydrazine groups is 1. The Morgan fingerprint density at radius 2 is 1.90 bits per heavy atom. The van der Waals surface area contributed by atoms with Gasteiger partial charge < -0.3 is 0 Å². The SMILES string of the molecule is CCN1C(c2ccc(Cl)cc2)=CC(C)N1c1ccccn1. The molecule has 1 aromatic carbocycles. The van der Waals surface area contributed by atoms with E-state index in [0.717, 1.165) is 17.4 Å². The lowest BCUT2D eigenvalue weighted by Crippen LogP contribution is -2.41. The zero-order valence-electron chi connectivity index (χ0n) is 12.2. The molecular weight excluding hydrogens is 282 g/mol. The largest absolute Gasteiger partial charge is 0.283 e. The van der Waals surface area contributed by atoms with Gasteiger partial charge in [-0.1, -0.05) is 29.8 Å². The van der Waals surface area contributed by atoms with Crippen molar-refractivity contribution in [3.63, 3.8) is 0 Å². The summed E-state index contributed by atoms with van der Waals surface area (Å²) in [5, 5.41) is 5.25. The molecule has 0 saturated heterocycles. The summed E-state index contributed by atoms with van der Waals surface area (Å²) in [6.07, 6.45) is 4.09. The number of pyridine rings is 1. The molecule has 1 aliphatic heterocycles. The Morgan fingerprint density at radius 3 is 2.52 bits per heavy atom. The predicted octanol–water partition coefficient (Wildman–Crippen LogP) is 4.22. The number of hydrogen-bond donors (Lipinski definition) is 0. The van der Waals surface area contributed by atoms with Crippen molar-refractivity contribution in [1.82, 2.24) is 9.99 Å². The lowest BCUT2D eigenvalue weighted by atomic mass is 10.1. The minimum atomic E-state index is 0.269. The van der Waals surface area contributed by atoms with Crippen molar-refractivity contribution in [2.45, 2.75) is 19.9 Å². The van der Waals surface area contributed by atoms with Gasteiger partial charge in [-0.25, -0.2) is 4.98 Å². The molecule has 2 heterocycles. The van der Waals surface area contributed by atoms with E-state index < -0.39 is 0 Å². The molecule has 1 aliphatic rings. The van der Waals surface area contributed by atoms with Crippen LogP contribution in [-0.4, -0.2) is 22.6 Å². The van der Waals surface area contributed by atoms with Crippen molar-refractivity contribution in [2.75, 3.05) is 11.6 Å². The van der Waals surface area contributed by atoms with Gasteiger partial charge in [-0.05, 0) is 49.8 Å². The van der Waals surface area contributed by atoms with Gasteiger partial charge in [0.05, 0.1) is 11.7 Å². The summed E-state index contributed by atoms with van der Waals surface area (Å²) in [7, 11) is 0. The fourth-order valence-electron chi connectivity index (χ4n) is 2.73. The monoisotopic (exact) mass is 299 g/mol. The molecular formula is C17H18ClN3. The van der Waals surface area contributed by atoms with E-state index >= 15 is 0 Å². The number of halogens is 1. The Bertz CT molecular complexity index is 637. The molecule has 4 heteroatoms. The quantitative estimate of drug-likeness (QED) is 0.846. The van der Waals surface area contributed by atoms with Crippen molar-refractivity contribution in [2.24, 2.45) is 0 Å². The molecule has 1 atom stereocenters. The van der Waals surface area contributed by atoms with Crippen LogP contribution in [0.2, 0.25) is 5.02 Å². The summed E-state index contributed by atoms with van der Waals surface area (Å²) in [5.41, 5.74) is 2.37. The van der Waals surface area contributed by atoms with Gasteiger partial charge in [-0.3, -0.25) is 10.0 Å². The molecule has 0 saturated carbocycles. The van der Waals surface area contributed by atoms with Gasteiger partial charge in [-0.2, -0.15) is 0 Å². The van der Waals surface area contributed by atoms with Crippen molar-refractivity contribution in [1.29, 1.82) is 0 Å². The Hall–Kier alpha value is -2.00. The fourth-order valence-corrected chi connectivity index (χ4v) is 2.86. The first kappa shape index (κ1) is 14.0. The van der Waals surface area contributed by atoms with Crippen LogP contribution in [0.25, 0.3) is 5.70 Å². The van der Waals surface area contributed by atoms with Gasteiger partial charge >= 0.3 is 0 Å². The zero-order chi connectivity index (χ0) is 14.8. The summed E-state index contributed by atoms with van der Waals surface area (Å²) in [6, 6.07) is 14.2. The first-order valence-corrected chi connectivity index (χ1v) is 7.54. The normalized spacial score (nSPS) is 18.0. The zero-order valence-corrected chi connectivity index (χ0v) is 13.0. The Balaban J connectivity index is 1.96. The van der Waals surface area contributed by atoms with Crippen LogP contribution in [0.3, 0.4) is 0 Å². The fraction of sp³-hybridized carbons (Fsp3) is 0.235. The Kier molecular flexibility index (Phi) is 3.84. The van der Waals surface area contributed by atoms with E-state index in [0.29, 0.717) is 0 Å². The first-order valence-electron chi connectivity index (χ1n) is 7.16. The highest BCUT2D eigenvalue weighted by atomic mass is 35.5. The smallest absolute Gasteiger partial charge is 0.147 e. The van der Waals surface area contributed by atoms with E-state index in [4.69, 9.17) is 11.6 Å². The van der Waals surface area contributed by atoms with Crippen LogP contribution in [0.5, 0.6) is 0 Å². The molecule has 0 spiro atoms. The number of hydrogen-bond acceptors (Lipinski definition) is 3. The maximum atomic E-state index is 5.99. The standard InChI is InChI=1S/C17H18ClN3/c1-3-20-16(14-7-9-15(18)10-8-14)12-13(2)21(20)17-6-4-5-11-19-17/h4-13H,3H2,1-2H3. The Morgan fingerprint density at radius 1 is 1.14 bits per heavy atom. The maximum absolute atomic E-state index is 5.99. The van der Waals surface area contributed by atoms with Gasteiger partial charge in [0.25, 0.3) is 0 Å². The molecule has 3 rings (SSSR count). The highest BCUT2D eigenvalue weighted by molar-refractivity contribution is 6.30. The summed E-state index contributed by atoms with van der Waals surface area (Å²) in [5.74, 6) is 0.965. The summed E-state index contributed by atoms with van der Waals surface area (Å²) >= 11 is 5.99. The highest BCUT2D eigenvalue weighted by Crippen LogP contribution is 2.33. The average Bonchev–Trinajstić information content (AvgIpc) is 2.85. The van der Waals surface area contributed by atoms with E-state index in [1.54, 1.807) is 0 Å². The van der Waals surface area contributed by atoms with Gasteiger partial charge in [0.1, 0.15) is 5.82 Å². The van der Waals surface area contributed by atoms with E-state index in [9.17, 15) is 0 Å². The second-order valence-corrected chi connectivity index (χ2v) is 5.48. The van der Waals surface area contributed by atoms with Gasteiger partial charge in [0.2, 0.25) is 0 Å². The van der Waals surface area contributed by atoms with Crippen LogP contribution in [0, 0.1) is 0 Å². The molecule has 0 radical (unpaired) electrons. The topological polar surface area (TPSA) is 19.4 Å². The molecule has 3 nitrogen and oxygen atoms in total. The summed E-state index contributed by atoms with van der Waals surface area (Å²) in [6.45, 7) is 5.22. The minimum absolute atomic E-state index is 0.269. The number of aromatic nitrogens is 1. The molecule has 1 unspecified atom stereocenters. The molecule has 0 aliphatic carbocycles. The molecule has 0 fully saturated rings. The molecule has 0 bridgehead atoms. The molecule has 21 heavy (non-hydrogen) atoms. The number of benzene rings is 1. The Labute approximate surface area is 130 Å². The van der Waals surface area contributed by atoms with Crippen molar-refractivity contribution >= 4 is 23.1 Å². The van der Waals surface area contributed by atoms with Crippen LogP contribution >= 0.6 is 11.6 Å². The number of rotatable bonds is 3. The van der Waals surface area contributed by atoms with Crippen LogP contribution < -0.4 is 5.01 Å². The molecule has 2 aromatic rings. The van der Waals surface area contributed by atoms with E-state index in [1.807, 2.05) is 36.5 Å². The minimum Gasteiger partial charge on any atom is -0.283 e. The third kappa shape index (κ3) is 2.61. The van der Waals surface area contributed by atoms with Crippen molar-refractivity contribution < 1.29 is 0 Å². The van der Waals surface area contributed by atoms with Crippen LogP contribution in [0.1, 0.15) is 19.4 Å². The number of nitrogens with zero attached hydrogens (tertiary/aromatic N) is 3. The number of anilines is 1. The van der Waals surface area contributed by atoms with Crippen LogP contribution in [0.4, 0.5) is 5.82 Å². The molecule has 0 N–H and O–H groups in total. The van der Waals surface area contributed by atoms with Crippen molar-refractivity contribution in [3.8, 4) is 0 Å². The second-order valence-electron chi connectivity index (χ2n) is 5.05. The average molecular weight is 300 g/mol. The van der Waals surface area contributed by atoms with Crippen LogP contribution in [0.15, 0.2) is 54.7 Å². The summed E-state index contributed by atoms with van der Waals surface area (Å²) < 4.78 is 0. The summed E-state index contributed by atoms with van der Waals surface area (Å²) in [4.78, 5) is 4.48.